The summed E-state index contributed by atoms with van der Waals surface area (Å²) in [4.78, 5) is 0. The molecule has 0 aromatic rings. The van der Waals surface area contributed by atoms with Crippen LogP contribution in [0.4, 0.5) is 0 Å². The minimum Gasteiger partial charge on any atom is -0.0766 e. The van der Waals surface area contributed by atoms with E-state index in [0.29, 0.717) is 0 Å². The van der Waals surface area contributed by atoms with Gasteiger partial charge in [0, 0.05) is 0 Å². The number of rotatable bonds is 0. The van der Waals surface area contributed by atoms with Crippen LogP contribution in [0, 0.1) is 0 Å². The number of nitrogens with one attached hydrogen (secondary N) is 1. The molecule has 1 aliphatic rings. The normalized spacial score (nSPS) is 16.0. The topological polar surface area (TPSA) is 38.5 Å². The molecule has 0 bridgehead atoms. The van der Waals surface area contributed by atoms with Gasteiger partial charge < -0.3 is 0 Å². The zero-order valence-corrected chi connectivity index (χ0v) is 2.55. The van der Waals surface area contributed by atoms with Gasteiger partial charge in [0.05, 0.1) is 11.3 Å². The molecule has 0 aromatic carbocycles. The Hall–Kier alpha value is -0.860. The highest BCUT2D eigenvalue weighted by molar-refractivity contribution is 4.75. The van der Waals surface area contributed by atoms with Gasteiger partial charge in [-0.3, -0.25) is 0 Å². The molecule has 0 spiro atoms. The summed E-state index contributed by atoms with van der Waals surface area (Å²) in [6, 6.07) is 0. The van der Waals surface area contributed by atoms with Crippen molar-refractivity contribution in [1.29, 1.82) is 0 Å². The monoisotopic (exact) mass is 69.0 g/mol. The number of hydrogen-bond donors (Lipinski definition) is 1. The average molecular weight is 69.1 g/mol. The van der Waals surface area contributed by atoms with E-state index in [9.17, 15) is 0 Å². The summed E-state index contributed by atoms with van der Waals surface area (Å²) in [7, 11) is 0. The van der Waals surface area contributed by atoms with E-state index in [2.05, 4.69) is 15.8 Å². The lowest BCUT2D eigenvalue weighted by Crippen LogP contribution is -1.97. The molecule has 3 nitrogen and oxygen atoms in total. The maximum atomic E-state index is 3.42. The molecule has 0 atom stereocenters. The molecule has 3 heteroatoms. The van der Waals surface area contributed by atoms with Crippen molar-refractivity contribution in [3.63, 3.8) is 0 Å². The molecule has 0 saturated carbocycles. The van der Waals surface area contributed by atoms with E-state index >= 15 is 0 Å². The molecular weight excluding hydrogens is 66.0 g/mol. The quantitative estimate of drug-likeness (QED) is 0.419. The summed E-state index contributed by atoms with van der Waals surface area (Å²) < 4.78 is 0. The maximum Gasteiger partial charge on any atom is 0.330 e. The highest BCUT2D eigenvalue weighted by Crippen LogP contribution is 1.69. The maximum absolute atomic E-state index is 3.42. The van der Waals surface area contributed by atoms with Crippen molar-refractivity contribution in [3.8, 4) is 0 Å². The Morgan fingerprint density at radius 1 is 1.80 bits per heavy atom. The van der Waals surface area contributed by atoms with Crippen molar-refractivity contribution >= 4 is 0 Å². The Morgan fingerprint density at radius 3 is 3.00 bits per heavy atom. The molecule has 0 aromatic heterocycles. The van der Waals surface area contributed by atoms with Crippen LogP contribution < -0.4 is 10.6 Å². The summed E-state index contributed by atoms with van der Waals surface area (Å²) in [5.41, 5.74) is 2.50. The molecule has 0 fully saturated rings. The lowest BCUT2D eigenvalue weighted by Gasteiger charge is -1.45. The molecule has 25 valence electrons. The van der Waals surface area contributed by atoms with Gasteiger partial charge in [-0.25, -0.2) is 0 Å². The molecule has 1 radical (unpaired) electrons. The lowest BCUT2D eigenvalue weighted by atomic mass is 11.0. The molecule has 1 N–H and O–H groups in total. The summed E-state index contributed by atoms with van der Waals surface area (Å²) in [6.07, 6.45) is 3.24. The predicted molar refractivity (Wildman–Crippen MR) is 16.8 cm³/mol. The molecule has 1 rings (SSSR count). The summed E-state index contributed by atoms with van der Waals surface area (Å²) >= 11 is 0. The van der Waals surface area contributed by atoms with Crippen LogP contribution >= 0.6 is 0 Å². The highest BCUT2D eigenvalue weighted by Gasteiger charge is 1.89. The van der Waals surface area contributed by atoms with Gasteiger partial charge in [0.1, 0.15) is 6.20 Å². The minimum atomic E-state index is 1.58. The minimum absolute atomic E-state index is 1.58. The van der Waals surface area contributed by atoms with Crippen LogP contribution in [-0.2, 0) is 0 Å². The smallest absolute Gasteiger partial charge is 0.0766 e. The molecule has 5 heavy (non-hydrogen) atoms. The fourth-order valence-corrected chi connectivity index (χ4v) is 0.167. The van der Waals surface area contributed by atoms with Crippen LogP contribution in [0.25, 0.3) is 0 Å². The molecular formula is C2H3N3+. The zero-order valence-electron chi connectivity index (χ0n) is 2.55. The highest BCUT2D eigenvalue weighted by atomic mass is 15.4. The lowest BCUT2D eigenvalue weighted by molar-refractivity contribution is 0.807. The Morgan fingerprint density at radius 2 is 2.80 bits per heavy atom. The first kappa shape index (κ1) is 2.38. The van der Waals surface area contributed by atoms with Crippen molar-refractivity contribution in [1.82, 2.24) is 10.6 Å². The van der Waals surface area contributed by atoms with Crippen molar-refractivity contribution < 1.29 is 0 Å². The Kier molecular flexibility index (Phi) is 0.400. The van der Waals surface area contributed by atoms with Crippen molar-refractivity contribution in [2.75, 3.05) is 0 Å². The van der Waals surface area contributed by atoms with Gasteiger partial charge in [-0.15, -0.1) is 0 Å². The van der Waals surface area contributed by atoms with E-state index in [1.807, 2.05) is 0 Å². The van der Waals surface area contributed by atoms with E-state index in [4.69, 9.17) is 0 Å². The van der Waals surface area contributed by atoms with Gasteiger partial charge in [0.15, 0.2) is 0 Å². The molecule has 1 aliphatic heterocycles. The average Bonchev–Trinajstić information content (AvgIpc) is 1.76. The van der Waals surface area contributed by atoms with E-state index in [-0.39, 0.29) is 0 Å². The fourth-order valence-electron chi connectivity index (χ4n) is 0.167. The largest absolute Gasteiger partial charge is 0.330 e. The second-order valence-corrected chi connectivity index (χ2v) is 0.660. The van der Waals surface area contributed by atoms with Gasteiger partial charge in [0.2, 0.25) is 0 Å². The predicted octanol–water partition coefficient (Wildman–Crippen LogP) is -0.236. The zero-order chi connectivity index (χ0) is 3.54. The van der Waals surface area contributed by atoms with Crippen molar-refractivity contribution in [2.24, 2.45) is 5.11 Å². The summed E-state index contributed by atoms with van der Waals surface area (Å²) in [6.45, 7) is 0. The second-order valence-electron chi connectivity index (χ2n) is 0.660. The van der Waals surface area contributed by atoms with E-state index < -0.39 is 0 Å². The molecule has 0 aliphatic carbocycles. The summed E-state index contributed by atoms with van der Waals surface area (Å²) in [5.74, 6) is 0. The van der Waals surface area contributed by atoms with Crippen molar-refractivity contribution in [2.45, 2.75) is 0 Å². The number of hydrogen-bond acceptors (Lipinski definition) is 3. The van der Waals surface area contributed by atoms with Gasteiger partial charge in [-0.1, -0.05) is 5.43 Å². The standard InChI is InChI=1S/C2H3N3/c1-2-4-5-3-1/h1-2H,(H,3,4)/q+1. The molecule has 0 amide bonds. The summed E-state index contributed by atoms with van der Waals surface area (Å²) in [5, 5.41) is 6.76. The Bertz CT molecular complexity index is 63.0. The van der Waals surface area contributed by atoms with Crippen LogP contribution in [0.2, 0.25) is 0 Å². The Labute approximate surface area is 29.4 Å². The van der Waals surface area contributed by atoms with Gasteiger partial charge >= 0.3 is 5.22 Å². The van der Waals surface area contributed by atoms with Crippen LogP contribution in [-0.4, -0.2) is 0 Å². The first-order valence-corrected chi connectivity index (χ1v) is 1.30. The van der Waals surface area contributed by atoms with E-state index in [1.165, 1.54) is 0 Å². The fraction of sp³-hybridized carbons (Fsp3) is 0. The van der Waals surface area contributed by atoms with Gasteiger partial charge in [-0.2, -0.15) is 0 Å². The van der Waals surface area contributed by atoms with Gasteiger partial charge in [0.25, 0.3) is 0 Å². The van der Waals surface area contributed by atoms with Crippen LogP contribution in [0.1, 0.15) is 0 Å². The molecule has 0 unspecified atom stereocenters. The van der Waals surface area contributed by atoms with Crippen molar-refractivity contribution in [3.05, 3.63) is 12.4 Å². The van der Waals surface area contributed by atoms with Crippen LogP contribution in [0.5, 0.6) is 0 Å². The molecule has 0 saturated heterocycles. The SMILES string of the molecule is C1=CN[N+]=N1. The van der Waals surface area contributed by atoms with Crippen LogP contribution in [0.15, 0.2) is 17.5 Å². The van der Waals surface area contributed by atoms with E-state index in [1.54, 1.807) is 12.4 Å². The third-order valence-electron chi connectivity index (χ3n) is 0.331. The van der Waals surface area contributed by atoms with Crippen LogP contribution in [0.3, 0.4) is 0 Å². The molecule has 1 heterocycles. The second kappa shape index (κ2) is 0.839. The Balaban J connectivity index is 2.61. The third kappa shape index (κ3) is 0.238. The number of nitrogens with zero attached hydrogens (tertiary/aromatic N) is 2. The van der Waals surface area contributed by atoms with Gasteiger partial charge in [-0.05, 0) is 0 Å². The first-order valence-electron chi connectivity index (χ1n) is 1.30. The van der Waals surface area contributed by atoms with E-state index in [0.717, 1.165) is 0 Å². The third-order valence-corrected chi connectivity index (χ3v) is 0.331. The first-order chi connectivity index (χ1) is 2.50.